The molecule has 0 bridgehead atoms. The molecular formula is C17H17ClN2O3. The molecule has 0 radical (unpaired) electrons. The van der Waals surface area contributed by atoms with E-state index in [1.807, 2.05) is 13.0 Å². The molecule has 0 aliphatic carbocycles. The molecule has 1 aromatic carbocycles. The number of carbonyl (C=O) groups excluding carboxylic acids is 1. The summed E-state index contributed by atoms with van der Waals surface area (Å²) < 4.78 is 11.0. The van der Waals surface area contributed by atoms with Crippen molar-refractivity contribution in [1.82, 2.24) is 4.98 Å². The van der Waals surface area contributed by atoms with Gasteiger partial charge < -0.3 is 14.8 Å². The Kier molecular flexibility index (Phi) is 4.79. The third-order valence-electron chi connectivity index (χ3n) is 3.62. The first kappa shape index (κ1) is 15.8. The van der Waals surface area contributed by atoms with E-state index in [-0.39, 0.29) is 12.0 Å². The Balaban J connectivity index is 1.72. The van der Waals surface area contributed by atoms with Crippen molar-refractivity contribution in [3.8, 4) is 5.88 Å². The number of amides is 1. The van der Waals surface area contributed by atoms with Gasteiger partial charge in [-0.2, -0.15) is 0 Å². The lowest BCUT2D eigenvalue weighted by Crippen LogP contribution is -2.17. The van der Waals surface area contributed by atoms with Gasteiger partial charge in [0.25, 0.3) is 5.91 Å². The molecule has 1 N–H and O–H groups in total. The average Bonchev–Trinajstić information content (AvgIpc) is 3.04. The van der Waals surface area contributed by atoms with Crippen molar-refractivity contribution in [3.63, 3.8) is 0 Å². The average molecular weight is 333 g/mol. The number of benzene rings is 1. The molecule has 23 heavy (non-hydrogen) atoms. The van der Waals surface area contributed by atoms with Crippen LogP contribution in [0.15, 0.2) is 36.5 Å². The standard InChI is InChI=1S/C17H17ClN2O3/c1-11-2-3-13(18)9-15(11)20-17(21)12-4-6-19-16(8-12)23-14-5-7-22-10-14/h2-4,6,8-9,14H,5,7,10H2,1H3,(H,20,21). The Morgan fingerprint density at radius 3 is 3.04 bits per heavy atom. The summed E-state index contributed by atoms with van der Waals surface area (Å²) in [5, 5.41) is 3.43. The molecule has 1 aliphatic rings. The largest absolute Gasteiger partial charge is 0.472 e. The van der Waals surface area contributed by atoms with E-state index in [1.165, 1.54) is 0 Å². The second kappa shape index (κ2) is 6.98. The lowest BCUT2D eigenvalue weighted by Gasteiger charge is -2.12. The number of halogens is 1. The van der Waals surface area contributed by atoms with E-state index in [2.05, 4.69) is 10.3 Å². The van der Waals surface area contributed by atoms with Crippen LogP contribution in [0.4, 0.5) is 5.69 Å². The van der Waals surface area contributed by atoms with Crippen molar-refractivity contribution < 1.29 is 14.3 Å². The molecule has 1 fully saturated rings. The molecule has 1 unspecified atom stereocenters. The number of rotatable bonds is 4. The van der Waals surface area contributed by atoms with Gasteiger partial charge in [0.2, 0.25) is 5.88 Å². The fraction of sp³-hybridized carbons (Fsp3) is 0.294. The SMILES string of the molecule is Cc1ccc(Cl)cc1NC(=O)c1ccnc(OC2CCOC2)c1. The van der Waals surface area contributed by atoms with Gasteiger partial charge in [-0.3, -0.25) is 4.79 Å². The van der Waals surface area contributed by atoms with Crippen molar-refractivity contribution in [2.75, 3.05) is 18.5 Å². The van der Waals surface area contributed by atoms with Gasteiger partial charge in [0.15, 0.2) is 0 Å². The Morgan fingerprint density at radius 1 is 1.39 bits per heavy atom. The Bertz CT molecular complexity index is 715. The first-order valence-corrected chi connectivity index (χ1v) is 7.77. The number of aryl methyl sites for hydroxylation is 1. The Labute approximate surface area is 139 Å². The highest BCUT2D eigenvalue weighted by molar-refractivity contribution is 6.31. The Hall–Kier alpha value is -2.11. The first-order valence-electron chi connectivity index (χ1n) is 7.40. The van der Waals surface area contributed by atoms with E-state index in [9.17, 15) is 4.79 Å². The van der Waals surface area contributed by atoms with Crippen molar-refractivity contribution >= 4 is 23.2 Å². The molecule has 1 atom stereocenters. The normalized spacial score (nSPS) is 17.0. The molecule has 5 nitrogen and oxygen atoms in total. The zero-order chi connectivity index (χ0) is 16.2. The maximum absolute atomic E-state index is 12.4. The Morgan fingerprint density at radius 2 is 2.26 bits per heavy atom. The van der Waals surface area contributed by atoms with Crippen LogP contribution in [0.25, 0.3) is 0 Å². The molecule has 3 rings (SSSR count). The van der Waals surface area contributed by atoms with Crippen molar-refractivity contribution in [1.29, 1.82) is 0 Å². The molecule has 120 valence electrons. The second-order valence-corrected chi connectivity index (χ2v) is 5.84. The van der Waals surface area contributed by atoms with E-state index in [0.717, 1.165) is 12.0 Å². The second-order valence-electron chi connectivity index (χ2n) is 5.40. The summed E-state index contributed by atoms with van der Waals surface area (Å²) in [4.78, 5) is 16.5. The number of nitrogens with one attached hydrogen (secondary N) is 1. The van der Waals surface area contributed by atoms with Crippen LogP contribution in [0.2, 0.25) is 5.02 Å². The molecule has 1 saturated heterocycles. The lowest BCUT2D eigenvalue weighted by atomic mass is 10.2. The van der Waals surface area contributed by atoms with Gasteiger partial charge in [-0.1, -0.05) is 17.7 Å². The number of anilines is 1. The summed E-state index contributed by atoms with van der Waals surface area (Å²) in [6, 6.07) is 8.65. The monoisotopic (exact) mass is 332 g/mol. The molecule has 0 spiro atoms. The van der Waals surface area contributed by atoms with Gasteiger partial charge in [-0.15, -0.1) is 0 Å². The van der Waals surface area contributed by atoms with Crippen LogP contribution in [0.1, 0.15) is 22.3 Å². The van der Waals surface area contributed by atoms with Crippen LogP contribution in [-0.4, -0.2) is 30.2 Å². The molecule has 0 saturated carbocycles. The number of hydrogen-bond acceptors (Lipinski definition) is 4. The van der Waals surface area contributed by atoms with E-state index >= 15 is 0 Å². The number of pyridine rings is 1. The molecule has 6 heteroatoms. The minimum absolute atomic E-state index is 0.00372. The smallest absolute Gasteiger partial charge is 0.255 e. The summed E-state index contributed by atoms with van der Waals surface area (Å²) in [6.45, 7) is 3.16. The van der Waals surface area contributed by atoms with Gasteiger partial charge in [0.1, 0.15) is 6.10 Å². The van der Waals surface area contributed by atoms with E-state index in [0.29, 0.717) is 35.4 Å². The summed E-state index contributed by atoms with van der Waals surface area (Å²) >= 11 is 5.97. The maximum atomic E-state index is 12.4. The quantitative estimate of drug-likeness (QED) is 0.931. The van der Waals surface area contributed by atoms with Gasteiger partial charge in [-0.25, -0.2) is 4.98 Å². The fourth-order valence-electron chi connectivity index (χ4n) is 2.32. The van der Waals surface area contributed by atoms with Crippen LogP contribution in [0.5, 0.6) is 5.88 Å². The summed E-state index contributed by atoms with van der Waals surface area (Å²) in [6.07, 6.45) is 2.39. The predicted octanol–water partition coefficient (Wildman–Crippen LogP) is 3.46. The highest BCUT2D eigenvalue weighted by Gasteiger charge is 2.18. The highest BCUT2D eigenvalue weighted by Crippen LogP contribution is 2.22. The van der Waals surface area contributed by atoms with E-state index in [4.69, 9.17) is 21.1 Å². The topological polar surface area (TPSA) is 60.5 Å². The molecule has 1 aromatic heterocycles. The van der Waals surface area contributed by atoms with Crippen molar-refractivity contribution in [2.45, 2.75) is 19.4 Å². The van der Waals surface area contributed by atoms with Gasteiger partial charge in [-0.05, 0) is 30.7 Å². The fourth-order valence-corrected chi connectivity index (χ4v) is 2.49. The van der Waals surface area contributed by atoms with E-state index in [1.54, 1.807) is 30.5 Å². The third-order valence-corrected chi connectivity index (χ3v) is 3.86. The molecule has 2 heterocycles. The van der Waals surface area contributed by atoms with Crippen LogP contribution >= 0.6 is 11.6 Å². The third kappa shape index (κ3) is 4.00. The lowest BCUT2D eigenvalue weighted by molar-refractivity contribution is 0.102. The predicted molar refractivity (Wildman–Crippen MR) is 88.2 cm³/mol. The van der Waals surface area contributed by atoms with Gasteiger partial charge in [0.05, 0.1) is 13.2 Å². The zero-order valence-electron chi connectivity index (χ0n) is 12.7. The molecular weight excluding hydrogens is 316 g/mol. The number of aromatic nitrogens is 1. The number of hydrogen-bond donors (Lipinski definition) is 1. The number of carbonyl (C=O) groups is 1. The zero-order valence-corrected chi connectivity index (χ0v) is 13.5. The van der Waals surface area contributed by atoms with Crippen molar-refractivity contribution in [2.24, 2.45) is 0 Å². The first-order chi connectivity index (χ1) is 11.1. The van der Waals surface area contributed by atoms with Crippen LogP contribution in [0.3, 0.4) is 0 Å². The molecule has 2 aromatic rings. The minimum Gasteiger partial charge on any atom is -0.472 e. The number of nitrogens with zero attached hydrogens (tertiary/aromatic N) is 1. The molecule has 1 aliphatic heterocycles. The van der Waals surface area contributed by atoms with Crippen molar-refractivity contribution in [3.05, 3.63) is 52.7 Å². The summed E-state index contributed by atoms with van der Waals surface area (Å²) in [5.41, 5.74) is 2.11. The van der Waals surface area contributed by atoms with Crippen LogP contribution in [0, 0.1) is 6.92 Å². The van der Waals surface area contributed by atoms with Gasteiger partial charge >= 0.3 is 0 Å². The molecule has 1 amide bonds. The van der Waals surface area contributed by atoms with Crippen LogP contribution in [-0.2, 0) is 4.74 Å². The van der Waals surface area contributed by atoms with Gasteiger partial charge in [0, 0.05) is 35.0 Å². The highest BCUT2D eigenvalue weighted by atomic mass is 35.5. The number of ether oxygens (including phenoxy) is 2. The minimum atomic E-state index is -0.231. The summed E-state index contributed by atoms with van der Waals surface area (Å²) in [7, 11) is 0. The summed E-state index contributed by atoms with van der Waals surface area (Å²) in [5.74, 6) is 0.196. The van der Waals surface area contributed by atoms with Crippen LogP contribution < -0.4 is 10.1 Å². The maximum Gasteiger partial charge on any atom is 0.255 e. The van der Waals surface area contributed by atoms with E-state index < -0.39 is 0 Å².